The average Bonchev–Trinajstić information content (AvgIpc) is 2.36. The maximum Gasteiger partial charge on any atom is 0.321 e. The molecule has 0 radical (unpaired) electrons. The maximum atomic E-state index is 12.5. The van der Waals surface area contributed by atoms with Gasteiger partial charge >= 0.3 is 11.9 Å². The Morgan fingerprint density at radius 2 is 2.05 bits per heavy atom. The Morgan fingerprint density at radius 3 is 2.52 bits per heavy atom. The third-order valence-corrected chi connectivity index (χ3v) is 3.46. The lowest BCUT2D eigenvalue weighted by Gasteiger charge is -2.37. The second-order valence-corrected chi connectivity index (χ2v) is 6.43. The Labute approximate surface area is 125 Å². The van der Waals surface area contributed by atoms with Crippen LogP contribution in [-0.4, -0.2) is 30.4 Å². The number of rotatable bonds is 4. The van der Waals surface area contributed by atoms with E-state index in [-0.39, 0.29) is 13.0 Å². The van der Waals surface area contributed by atoms with E-state index in [0.717, 1.165) is 5.57 Å². The Balaban J connectivity index is 3.18. The second kappa shape index (κ2) is 6.41. The van der Waals surface area contributed by atoms with Crippen molar-refractivity contribution >= 4 is 18.2 Å². The van der Waals surface area contributed by atoms with E-state index in [1.807, 2.05) is 13.0 Å². The van der Waals surface area contributed by atoms with E-state index in [9.17, 15) is 14.4 Å². The van der Waals surface area contributed by atoms with Gasteiger partial charge in [0.2, 0.25) is 0 Å². The zero-order chi connectivity index (χ0) is 16.3. The number of hydrogen-bond acceptors (Lipinski definition) is 5. The first-order valence-corrected chi connectivity index (χ1v) is 7.18. The van der Waals surface area contributed by atoms with Crippen molar-refractivity contribution in [2.75, 3.05) is 6.61 Å². The summed E-state index contributed by atoms with van der Waals surface area (Å²) in [5.41, 5.74) is -1.31. The zero-order valence-corrected chi connectivity index (χ0v) is 13.4. The normalized spacial score (nSPS) is 25.8. The minimum absolute atomic E-state index is 0.189. The molecule has 0 fully saturated rings. The van der Waals surface area contributed by atoms with Gasteiger partial charge in [0.05, 0.1) is 12.5 Å². The van der Waals surface area contributed by atoms with Gasteiger partial charge in [-0.25, -0.2) is 0 Å². The molecule has 0 spiro atoms. The highest BCUT2D eigenvalue weighted by Crippen LogP contribution is 2.42. The molecule has 0 saturated carbocycles. The first-order chi connectivity index (χ1) is 9.66. The Kier molecular flexibility index (Phi) is 5.31. The predicted octanol–water partition coefficient (Wildman–Crippen LogP) is 2.43. The summed E-state index contributed by atoms with van der Waals surface area (Å²) in [6, 6.07) is 0. The smallest absolute Gasteiger partial charge is 0.321 e. The van der Waals surface area contributed by atoms with Gasteiger partial charge in [0.1, 0.15) is 17.3 Å². The summed E-state index contributed by atoms with van der Waals surface area (Å²) in [6.07, 6.45) is 2.92. The highest BCUT2D eigenvalue weighted by molar-refractivity contribution is 5.99. The van der Waals surface area contributed by atoms with Crippen LogP contribution in [0.3, 0.4) is 0 Å². The second-order valence-electron chi connectivity index (χ2n) is 6.43. The molecule has 0 amide bonds. The van der Waals surface area contributed by atoms with Crippen LogP contribution >= 0.6 is 0 Å². The summed E-state index contributed by atoms with van der Waals surface area (Å²) in [5, 5.41) is 0. The van der Waals surface area contributed by atoms with E-state index in [0.29, 0.717) is 12.7 Å². The van der Waals surface area contributed by atoms with Crippen LogP contribution in [0.2, 0.25) is 0 Å². The van der Waals surface area contributed by atoms with Gasteiger partial charge in [-0.15, -0.1) is 0 Å². The largest absolute Gasteiger partial charge is 0.466 e. The van der Waals surface area contributed by atoms with Crippen molar-refractivity contribution in [3.05, 3.63) is 11.6 Å². The number of allylic oxidation sites excluding steroid dienone is 2. The highest BCUT2D eigenvalue weighted by Gasteiger charge is 2.53. The van der Waals surface area contributed by atoms with E-state index < -0.39 is 28.9 Å². The van der Waals surface area contributed by atoms with Crippen molar-refractivity contribution in [2.45, 2.75) is 53.1 Å². The third-order valence-electron chi connectivity index (χ3n) is 3.46. The Morgan fingerprint density at radius 1 is 1.43 bits per heavy atom. The van der Waals surface area contributed by atoms with Gasteiger partial charge in [0, 0.05) is 0 Å². The molecule has 21 heavy (non-hydrogen) atoms. The monoisotopic (exact) mass is 296 g/mol. The van der Waals surface area contributed by atoms with Gasteiger partial charge in [0.25, 0.3) is 0 Å². The average molecular weight is 296 g/mol. The lowest BCUT2D eigenvalue weighted by atomic mass is 9.67. The fraction of sp³-hybridized carbons (Fsp3) is 0.688. The molecule has 0 aromatic carbocycles. The lowest BCUT2D eigenvalue weighted by Crippen LogP contribution is -2.49. The van der Waals surface area contributed by atoms with Crippen LogP contribution < -0.4 is 0 Å². The van der Waals surface area contributed by atoms with Crippen LogP contribution in [0.4, 0.5) is 0 Å². The fourth-order valence-corrected chi connectivity index (χ4v) is 2.49. The van der Waals surface area contributed by atoms with Crippen molar-refractivity contribution < 1.29 is 23.9 Å². The summed E-state index contributed by atoms with van der Waals surface area (Å²) in [7, 11) is 0. The SMILES string of the molecule is CCOC(=O)[C@H]1CC=C(C)C[C@@]1(C=O)C(=O)OC(C)(C)C. The fourth-order valence-electron chi connectivity index (χ4n) is 2.49. The molecule has 1 aliphatic rings. The van der Waals surface area contributed by atoms with Crippen LogP contribution in [0.1, 0.15) is 47.5 Å². The highest BCUT2D eigenvalue weighted by atomic mass is 16.6. The standard InChI is InChI=1S/C16H24O5/c1-6-20-13(18)12-8-7-11(2)9-16(12,10-17)14(19)21-15(3,4)5/h7,10,12H,6,8-9H2,1-5H3/t12-,16+/m1/s1. The van der Waals surface area contributed by atoms with E-state index >= 15 is 0 Å². The topological polar surface area (TPSA) is 69.7 Å². The first-order valence-electron chi connectivity index (χ1n) is 7.18. The first kappa shape index (κ1) is 17.4. The quantitative estimate of drug-likeness (QED) is 0.345. The molecule has 1 aliphatic carbocycles. The molecule has 0 heterocycles. The number of aldehydes is 1. The van der Waals surface area contributed by atoms with Crippen LogP contribution in [0.25, 0.3) is 0 Å². The predicted molar refractivity (Wildman–Crippen MR) is 77.5 cm³/mol. The number of carbonyl (C=O) groups excluding carboxylic acids is 3. The molecule has 0 aromatic rings. The van der Waals surface area contributed by atoms with E-state index in [1.165, 1.54) is 0 Å². The summed E-state index contributed by atoms with van der Waals surface area (Å²) >= 11 is 0. The van der Waals surface area contributed by atoms with Gasteiger partial charge in [-0.05, 0) is 47.5 Å². The van der Waals surface area contributed by atoms with Crippen molar-refractivity contribution in [3.8, 4) is 0 Å². The van der Waals surface area contributed by atoms with Crippen molar-refractivity contribution in [1.82, 2.24) is 0 Å². The number of ether oxygens (including phenoxy) is 2. The zero-order valence-electron chi connectivity index (χ0n) is 13.4. The van der Waals surface area contributed by atoms with Gasteiger partial charge in [-0.3, -0.25) is 9.59 Å². The molecular weight excluding hydrogens is 272 g/mol. The van der Waals surface area contributed by atoms with Crippen molar-refractivity contribution in [1.29, 1.82) is 0 Å². The van der Waals surface area contributed by atoms with Gasteiger partial charge < -0.3 is 14.3 Å². The van der Waals surface area contributed by atoms with E-state index in [4.69, 9.17) is 9.47 Å². The molecule has 5 heteroatoms. The third kappa shape index (κ3) is 3.93. The van der Waals surface area contributed by atoms with Crippen LogP contribution in [-0.2, 0) is 23.9 Å². The molecule has 2 atom stereocenters. The van der Waals surface area contributed by atoms with E-state index in [2.05, 4.69) is 0 Å². The van der Waals surface area contributed by atoms with Crippen LogP contribution in [0.15, 0.2) is 11.6 Å². The molecule has 118 valence electrons. The molecule has 0 N–H and O–H groups in total. The van der Waals surface area contributed by atoms with Crippen molar-refractivity contribution in [3.63, 3.8) is 0 Å². The molecular formula is C16H24O5. The van der Waals surface area contributed by atoms with Gasteiger partial charge in [-0.2, -0.15) is 0 Å². The van der Waals surface area contributed by atoms with E-state index in [1.54, 1.807) is 27.7 Å². The van der Waals surface area contributed by atoms with Crippen molar-refractivity contribution in [2.24, 2.45) is 11.3 Å². The lowest BCUT2D eigenvalue weighted by molar-refractivity contribution is -0.178. The molecule has 5 nitrogen and oxygen atoms in total. The molecule has 0 saturated heterocycles. The molecule has 0 unspecified atom stereocenters. The van der Waals surface area contributed by atoms with Crippen LogP contribution in [0.5, 0.6) is 0 Å². The minimum atomic E-state index is -1.49. The Bertz CT molecular complexity index is 458. The Hall–Kier alpha value is -1.65. The summed E-state index contributed by atoms with van der Waals surface area (Å²) in [6.45, 7) is 8.93. The summed E-state index contributed by atoms with van der Waals surface area (Å²) < 4.78 is 10.4. The van der Waals surface area contributed by atoms with Gasteiger partial charge in [0.15, 0.2) is 0 Å². The summed E-state index contributed by atoms with van der Waals surface area (Å²) in [5.74, 6) is -2.01. The van der Waals surface area contributed by atoms with Crippen LogP contribution in [0, 0.1) is 11.3 Å². The van der Waals surface area contributed by atoms with Gasteiger partial charge in [-0.1, -0.05) is 11.6 Å². The maximum absolute atomic E-state index is 12.5. The number of carbonyl (C=O) groups is 3. The molecule has 1 rings (SSSR count). The number of hydrogen-bond donors (Lipinski definition) is 0. The molecule has 0 bridgehead atoms. The minimum Gasteiger partial charge on any atom is -0.466 e. The molecule has 0 aliphatic heterocycles. The summed E-state index contributed by atoms with van der Waals surface area (Å²) in [4.78, 5) is 36.4. The number of esters is 2. The molecule has 0 aromatic heterocycles.